The average Bonchev–Trinajstić information content (AvgIpc) is 3.17. The molecular formula is C22H30F3N5O. The quantitative estimate of drug-likeness (QED) is 0.787. The molecule has 170 valence electrons. The van der Waals surface area contributed by atoms with Crippen LogP contribution in [0.3, 0.4) is 0 Å². The molecule has 0 atom stereocenters. The molecule has 2 aromatic heterocycles. The van der Waals surface area contributed by atoms with Crippen molar-refractivity contribution in [3.8, 4) is 0 Å². The van der Waals surface area contributed by atoms with Gasteiger partial charge in [-0.05, 0) is 58.0 Å². The average molecular weight is 438 g/mol. The fraction of sp³-hybridized carbons (Fsp3) is 0.545. The summed E-state index contributed by atoms with van der Waals surface area (Å²) >= 11 is 0. The van der Waals surface area contributed by atoms with E-state index in [0.29, 0.717) is 56.1 Å². The zero-order valence-electron chi connectivity index (χ0n) is 18.0. The van der Waals surface area contributed by atoms with Gasteiger partial charge in [0, 0.05) is 45.5 Å². The number of carbonyl (C=O) groups excluding carboxylic acids is 1. The third kappa shape index (κ3) is 3.79. The van der Waals surface area contributed by atoms with Crippen LogP contribution in [0, 0.1) is 0 Å². The maximum Gasteiger partial charge on any atom is 0.431 e. The molecular weight excluding hydrogens is 407 g/mol. The standard InChI is InChI=1S/C22H28F3N5O.H2/c1-15(2)27-19-16(5-4-10-26-19)20(31)29-11-8-21(9-12-29)17-6-7-18(22(23,24)25)30(17)14-13-28(21)3;/h4-7,10,15H,8-9,11-14H2,1-3H3,(H,26,27);1H. The van der Waals surface area contributed by atoms with Crippen molar-refractivity contribution in [1.82, 2.24) is 19.4 Å². The monoisotopic (exact) mass is 437 g/mol. The number of alkyl halides is 3. The Bertz CT molecular complexity index is 967. The second kappa shape index (κ2) is 7.85. The largest absolute Gasteiger partial charge is 0.431 e. The lowest BCUT2D eigenvalue weighted by Crippen LogP contribution is -2.56. The molecule has 1 N–H and O–H groups in total. The predicted molar refractivity (Wildman–Crippen MR) is 114 cm³/mol. The van der Waals surface area contributed by atoms with Gasteiger partial charge in [-0.1, -0.05) is 0 Å². The predicted octanol–water partition coefficient (Wildman–Crippen LogP) is 4.05. The smallest absolute Gasteiger partial charge is 0.367 e. The number of anilines is 1. The van der Waals surface area contributed by atoms with Crippen molar-refractivity contribution >= 4 is 11.7 Å². The van der Waals surface area contributed by atoms with Gasteiger partial charge in [0.1, 0.15) is 11.5 Å². The van der Waals surface area contributed by atoms with Crippen LogP contribution >= 0.6 is 0 Å². The van der Waals surface area contributed by atoms with Crippen LogP contribution < -0.4 is 5.32 Å². The molecule has 0 aromatic carbocycles. The van der Waals surface area contributed by atoms with Crippen LogP contribution in [0.25, 0.3) is 0 Å². The first kappa shape index (κ1) is 21.7. The molecule has 6 nitrogen and oxygen atoms in total. The van der Waals surface area contributed by atoms with Crippen molar-refractivity contribution in [3.63, 3.8) is 0 Å². The number of piperidine rings is 1. The van der Waals surface area contributed by atoms with Gasteiger partial charge in [0.05, 0.1) is 11.1 Å². The number of rotatable bonds is 3. The van der Waals surface area contributed by atoms with Gasteiger partial charge in [-0.2, -0.15) is 13.2 Å². The van der Waals surface area contributed by atoms with Crippen molar-refractivity contribution in [2.24, 2.45) is 0 Å². The number of pyridine rings is 1. The highest BCUT2D eigenvalue weighted by atomic mass is 19.4. The number of likely N-dealkylation sites (N-methyl/N-ethyl adjacent to an activating group) is 1. The van der Waals surface area contributed by atoms with Gasteiger partial charge >= 0.3 is 6.18 Å². The SMILES string of the molecule is CC(C)Nc1ncccc1C(=O)N1CCC2(CC1)c1ccc(C(F)(F)F)n1CCN2C.[HH]. The zero-order valence-corrected chi connectivity index (χ0v) is 18.0. The van der Waals surface area contributed by atoms with Crippen LogP contribution in [0.1, 0.15) is 49.9 Å². The van der Waals surface area contributed by atoms with Crippen molar-refractivity contribution in [3.05, 3.63) is 47.4 Å². The minimum absolute atomic E-state index is 0. The van der Waals surface area contributed by atoms with Crippen LogP contribution in [0.15, 0.2) is 30.5 Å². The number of nitrogens with one attached hydrogen (secondary N) is 1. The molecule has 9 heteroatoms. The Morgan fingerprint density at radius 1 is 1.16 bits per heavy atom. The van der Waals surface area contributed by atoms with Gasteiger partial charge in [0.15, 0.2) is 0 Å². The number of likely N-dealkylation sites (tertiary alicyclic amines) is 1. The van der Waals surface area contributed by atoms with Gasteiger partial charge < -0.3 is 14.8 Å². The maximum atomic E-state index is 13.4. The van der Waals surface area contributed by atoms with E-state index in [1.54, 1.807) is 29.3 Å². The van der Waals surface area contributed by atoms with Gasteiger partial charge in [0.2, 0.25) is 0 Å². The number of nitrogens with zero attached hydrogens (tertiary/aromatic N) is 4. The van der Waals surface area contributed by atoms with E-state index in [9.17, 15) is 18.0 Å². The van der Waals surface area contributed by atoms with E-state index in [0.717, 1.165) is 0 Å². The van der Waals surface area contributed by atoms with Gasteiger partial charge in [0.25, 0.3) is 5.91 Å². The van der Waals surface area contributed by atoms with Crippen molar-refractivity contribution < 1.29 is 19.4 Å². The fourth-order valence-corrected chi connectivity index (χ4v) is 4.88. The minimum atomic E-state index is -4.37. The highest BCUT2D eigenvalue weighted by Crippen LogP contribution is 2.44. The number of aromatic nitrogens is 2. The van der Waals surface area contributed by atoms with E-state index in [1.165, 1.54) is 10.6 Å². The summed E-state index contributed by atoms with van der Waals surface area (Å²) in [4.78, 5) is 21.5. The second-order valence-electron chi connectivity index (χ2n) is 8.70. The minimum Gasteiger partial charge on any atom is -0.367 e. The van der Waals surface area contributed by atoms with Crippen LogP contribution in [0.2, 0.25) is 0 Å². The molecule has 0 aliphatic carbocycles. The first-order valence-corrected chi connectivity index (χ1v) is 10.6. The summed E-state index contributed by atoms with van der Waals surface area (Å²) in [6, 6.07) is 6.44. The number of fused-ring (bicyclic) bond motifs is 2. The van der Waals surface area contributed by atoms with Crippen molar-refractivity contribution in [2.45, 2.75) is 51.0 Å². The molecule has 0 bridgehead atoms. The normalized spacial score (nSPS) is 19.0. The Morgan fingerprint density at radius 3 is 2.52 bits per heavy atom. The number of carbonyl (C=O) groups is 1. The molecule has 2 aliphatic rings. The highest BCUT2D eigenvalue weighted by molar-refractivity contribution is 5.98. The summed E-state index contributed by atoms with van der Waals surface area (Å²) in [5.74, 6) is 0.456. The number of halogens is 3. The number of hydrogen-bond donors (Lipinski definition) is 1. The summed E-state index contributed by atoms with van der Waals surface area (Å²) in [6.45, 7) is 5.78. The van der Waals surface area contributed by atoms with E-state index >= 15 is 0 Å². The molecule has 2 aliphatic heterocycles. The first-order valence-electron chi connectivity index (χ1n) is 10.6. The van der Waals surface area contributed by atoms with Gasteiger partial charge in [-0.3, -0.25) is 9.69 Å². The fourth-order valence-electron chi connectivity index (χ4n) is 4.88. The van der Waals surface area contributed by atoms with E-state index in [-0.39, 0.29) is 13.4 Å². The first-order chi connectivity index (χ1) is 14.6. The Hall–Kier alpha value is -2.55. The molecule has 1 saturated heterocycles. The maximum absolute atomic E-state index is 13.4. The molecule has 0 saturated carbocycles. The lowest BCUT2D eigenvalue weighted by molar-refractivity contribution is -0.144. The summed E-state index contributed by atoms with van der Waals surface area (Å²) in [5, 5.41) is 3.21. The zero-order chi connectivity index (χ0) is 22.4. The van der Waals surface area contributed by atoms with Crippen molar-refractivity contribution in [2.75, 3.05) is 32.0 Å². The van der Waals surface area contributed by atoms with E-state index in [2.05, 4.69) is 15.2 Å². The topological polar surface area (TPSA) is 53.4 Å². The molecule has 1 fully saturated rings. The molecule has 2 aromatic rings. The third-order valence-electron chi connectivity index (χ3n) is 6.48. The van der Waals surface area contributed by atoms with Crippen molar-refractivity contribution in [1.29, 1.82) is 0 Å². The Kier molecular flexibility index (Phi) is 5.49. The summed E-state index contributed by atoms with van der Waals surface area (Å²) in [6.07, 6.45) is -1.55. The Morgan fingerprint density at radius 2 is 1.87 bits per heavy atom. The molecule has 1 spiro atoms. The number of hydrogen-bond acceptors (Lipinski definition) is 4. The summed E-state index contributed by atoms with van der Waals surface area (Å²) in [5.41, 5.74) is 0.135. The molecule has 0 radical (unpaired) electrons. The lowest BCUT2D eigenvalue weighted by Gasteiger charge is -2.50. The lowest BCUT2D eigenvalue weighted by atomic mass is 9.81. The number of amides is 1. The Balaban J connectivity index is 0.00000289. The van der Waals surface area contributed by atoms with E-state index < -0.39 is 17.4 Å². The second-order valence-corrected chi connectivity index (χ2v) is 8.70. The van der Waals surface area contributed by atoms with Crippen LogP contribution in [0.4, 0.5) is 19.0 Å². The third-order valence-corrected chi connectivity index (χ3v) is 6.48. The van der Waals surface area contributed by atoms with E-state index in [1.807, 2.05) is 20.9 Å². The van der Waals surface area contributed by atoms with Gasteiger partial charge in [-0.25, -0.2) is 4.98 Å². The summed E-state index contributed by atoms with van der Waals surface area (Å²) in [7, 11) is 1.97. The van der Waals surface area contributed by atoms with Crippen LogP contribution in [-0.2, 0) is 18.3 Å². The van der Waals surface area contributed by atoms with Crippen LogP contribution in [0.5, 0.6) is 0 Å². The summed E-state index contributed by atoms with van der Waals surface area (Å²) < 4.78 is 41.8. The molecule has 0 unspecified atom stereocenters. The molecule has 4 rings (SSSR count). The molecule has 1 amide bonds. The van der Waals surface area contributed by atoms with Crippen LogP contribution in [-0.4, -0.2) is 58.0 Å². The molecule has 4 heterocycles. The molecule has 31 heavy (non-hydrogen) atoms. The highest BCUT2D eigenvalue weighted by Gasteiger charge is 2.47. The van der Waals surface area contributed by atoms with Gasteiger partial charge in [-0.15, -0.1) is 0 Å². The van der Waals surface area contributed by atoms with E-state index in [4.69, 9.17) is 0 Å². The Labute approximate surface area is 181 Å².